The summed E-state index contributed by atoms with van der Waals surface area (Å²) in [5.74, 6) is 0.234. The van der Waals surface area contributed by atoms with Crippen LogP contribution in [0.5, 0.6) is 23.0 Å². The lowest BCUT2D eigenvalue weighted by atomic mass is 10.1. The van der Waals surface area contributed by atoms with Crippen LogP contribution in [-0.2, 0) is 0 Å². The summed E-state index contributed by atoms with van der Waals surface area (Å²) in [5.41, 5.74) is -0.100. The van der Waals surface area contributed by atoms with Crippen LogP contribution in [-0.4, -0.2) is 35.9 Å². The summed E-state index contributed by atoms with van der Waals surface area (Å²) >= 11 is 0. The minimum absolute atomic E-state index is 0.0202. The number of benzene rings is 4. The molecule has 2 N–H and O–H groups in total. The Hall–Kier alpha value is -5.98. The number of rotatable bonds is 10. The number of carbonyl (C=O) groups is 2. The molecule has 0 unspecified atom stereocenters. The highest BCUT2D eigenvalue weighted by atomic mass is 16.6. The highest BCUT2D eigenvalue weighted by molar-refractivity contribution is 6.06. The van der Waals surface area contributed by atoms with Crippen molar-refractivity contribution in [2.45, 2.75) is 0 Å². The first-order valence-electron chi connectivity index (χ1n) is 11.8. The van der Waals surface area contributed by atoms with Gasteiger partial charge in [-0.15, -0.1) is 0 Å². The number of methoxy groups -OCH3 is 2. The Morgan fingerprint density at radius 3 is 1.24 bits per heavy atom. The van der Waals surface area contributed by atoms with Crippen molar-refractivity contribution in [2.75, 3.05) is 24.9 Å². The number of nitro benzene ring substituents is 2. The van der Waals surface area contributed by atoms with E-state index in [9.17, 15) is 29.8 Å². The van der Waals surface area contributed by atoms with Crippen molar-refractivity contribution in [1.82, 2.24) is 0 Å². The SMILES string of the molecule is COc1ccc(NC(=O)c2ccc(Oc3ccc(C(=O)Nc4ccc(OC)cc4[N+](=O)[O-])cc3)cc2)c([N+](=O)[O-])c1. The molecule has 0 bridgehead atoms. The molecule has 0 aromatic heterocycles. The van der Waals surface area contributed by atoms with Gasteiger partial charge in [0.05, 0.1) is 36.2 Å². The maximum Gasteiger partial charge on any atom is 0.296 e. The van der Waals surface area contributed by atoms with Gasteiger partial charge in [-0.05, 0) is 72.8 Å². The molecule has 0 saturated carbocycles. The summed E-state index contributed by atoms with van der Waals surface area (Å²) in [4.78, 5) is 46.8. The van der Waals surface area contributed by atoms with E-state index in [4.69, 9.17) is 14.2 Å². The molecule has 0 fully saturated rings. The molecule has 0 saturated heterocycles. The number of nitrogens with one attached hydrogen (secondary N) is 2. The minimum Gasteiger partial charge on any atom is -0.496 e. The first-order valence-corrected chi connectivity index (χ1v) is 11.8. The van der Waals surface area contributed by atoms with E-state index in [1.54, 1.807) is 24.3 Å². The van der Waals surface area contributed by atoms with Crippen LogP contribution in [0.15, 0.2) is 84.9 Å². The number of hydrogen-bond donors (Lipinski definition) is 2. The number of anilines is 2. The molecule has 0 aliphatic carbocycles. The summed E-state index contributed by atoms with van der Waals surface area (Å²) in [5, 5.41) is 27.8. The number of amides is 2. The maximum absolute atomic E-state index is 12.6. The Morgan fingerprint density at radius 2 is 0.927 bits per heavy atom. The van der Waals surface area contributed by atoms with Gasteiger partial charge in [0.25, 0.3) is 23.2 Å². The molecule has 2 amide bonds. The van der Waals surface area contributed by atoms with Crippen molar-refractivity contribution in [3.8, 4) is 23.0 Å². The molecule has 208 valence electrons. The molecule has 4 aromatic rings. The average Bonchev–Trinajstić information content (AvgIpc) is 2.98. The van der Waals surface area contributed by atoms with Gasteiger partial charge in [0.15, 0.2) is 0 Å². The van der Waals surface area contributed by atoms with Gasteiger partial charge in [-0.3, -0.25) is 29.8 Å². The summed E-state index contributed by atoms with van der Waals surface area (Å²) in [6, 6.07) is 20.3. The Labute approximate surface area is 232 Å². The van der Waals surface area contributed by atoms with Gasteiger partial charge in [0, 0.05) is 11.1 Å². The lowest BCUT2D eigenvalue weighted by Gasteiger charge is -2.10. The monoisotopic (exact) mass is 558 g/mol. The minimum atomic E-state index is -0.618. The van der Waals surface area contributed by atoms with Gasteiger partial charge >= 0.3 is 0 Å². The van der Waals surface area contributed by atoms with E-state index in [0.717, 1.165) is 0 Å². The molecular weight excluding hydrogens is 536 g/mol. The van der Waals surface area contributed by atoms with Gasteiger partial charge in [-0.2, -0.15) is 0 Å². The van der Waals surface area contributed by atoms with Gasteiger partial charge in [-0.1, -0.05) is 0 Å². The maximum atomic E-state index is 12.6. The first-order chi connectivity index (χ1) is 19.7. The number of nitro groups is 2. The molecule has 0 aliphatic heterocycles. The second-order valence-electron chi connectivity index (χ2n) is 8.34. The fourth-order valence-electron chi connectivity index (χ4n) is 3.66. The Morgan fingerprint density at radius 1 is 0.585 bits per heavy atom. The van der Waals surface area contributed by atoms with E-state index in [-0.39, 0.29) is 45.4 Å². The van der Waals surface area contributed by atoms with E-state index in [2.05, 4.69) is 10.6 Å². The molecule has 4 rings (SSSR count). The molecule has 0 atom stereocenters. The molecular formula is C28H22N4O9. The zero-order chi connectivity index (χ0) is 29.5. The molecule has 0 aliphatic rings. The van der Waals surface area contributed by atoms with E-state index in [1.165, 1.54) is 74.9 Å². The molecule has 13 nitrogen and oxygen atoms in total. The van der Waals surface area contributed by atoms with Crippen LogP contribution in [0.25, 0.3) is 0 Å². The van der Waals surface area contributed by atoms with E-state index in [0.29, 0.717) is 11.5 Å². The second kappa shape index (κ2) is 12.3. The van der Waals surface area contributed by atoms with Crippen molar-refractivity contribution < 1.29 is 33.6 Å². The summed E-state index contributed by atoms with van der Waals surface area (Å²) in [7, 11) is 2.76. The van der Waals surface area contributed by atoms with E-state index >= 15 is 0 Å². The zero-order valence-electron chi connectivity index (χ0n) is 21.7. The zero-order valence-corrected chi connectivity index (χ0v) is 21.7. The fourth-order valence-corrected chi connectivity index (χ4v) is 3.66. The van der Waals surface area contributed by atoms with Crippen molar-refractivity contribution >= 4 is 34.6 Å². The van der Waals surface area contributed by atoms with E-state index in [1.807, 2.05) is 0 Å². The Bertz CT molecular complexity index is 1500. The van der Waals surface area contributed by atoms with Crippen molar-refractivity contribution in [2.24, 2.45) is 0 Å². The predicted octanol–water partition coefficient (Wildman–Crippen LogP) is 5.82. The van der Waals surface area contributed by atoms with Crippen molar-refractivity contribution in [3.05, 3.63) is 116 Å². The highest BCUT2D eigenvalue weighted by Gasteiger charge is 2.19. The molecule has 0 heterocycles. The smallest absolute Gasteiger partial charge is 0.296 e. The van der Waals surface area contributed by atoms with Gasteiger partial charge in [0.1, 0.15) is 34.4 Å². The molecule has 13 heteroatoms. The first kappa shape index (κ1) is 28.0. The van der Waals surface area contributed by atoms with Crippen LogP contribution in [0, 0.1) is 20.2 Å². The largest absolute Gasteiger partial charge is 0.496 e. The average molecular weight is 559 g/mol. The second-order valence-corrected chi connectivity index (χ2v) is 8.34. The molecule has 0 radical (unpaired) electrons. The number of nitrogens with zero attached hydrogens (tertiary/aromatic N) is 2. The summed E-state index contributed by atoms with van der Waals surface area (Å²) < 4.78 is 15.8. The van der Waals surface area contributed by atoms with E-state index < -0.39 is 21.7 Å². The predicted molar refractivity (Wildman–Crippen MR) is 148 cm³/mol. The Balaban J connectivity index is 1.39. The van der Waals surface area contributed by atoms with Crippen molar-refractivity contribution in [3.63, 3.8) is 0 Å². The Kier molecular flexibility index (Phi) is 8.38. The van der Waals surface area contributed by atoms with Gasteiger partial charge < -0.3 is 24.8 Å². The third-order valence-corrected chi connectivity index (χ3v) is 5.77. The van der Waals surface area contributed by atoms with Gasteiger partial charge in [-0.25, -0.2) is 0 Å². The van der Waals surface area contributed by atoms with Crippen LogP contribution < -0.4 is 24.8 Å². The van der Waals surface area contributed by atoms with Gasteiger partial charge in [0.2, 0.25) is 0 Å². The number of carbonyl (C=O) groups excluding carboxylic acids is 2. The lowest BCUT2D eigenvalue weighted by molar-refractivity contribution is -0.384. The molecule has 4 aromatic carbocycles. The number of hydrogen-bond acceptors (Lipinski definition) is 9. The highest BCUT2D eigenvalue weighted by Crippen LogP contribution is 2.31. The molecule has 41 heavy (non-hydrogen) atoms. The van der Waals surface area contributed by atoms with Crippen molar-refractivity contribution in [1.29, 1.82) is 0 Å². The quantitative estimate of drug-likeness (QED) is 0.180. The third kappa shape index (κ3) is 6.72. The molecule has 0 spiro atoms. The third-order valence-electron chi connectivity index (χ3n) is 5.77. The van der Waals surface area contributed by atoms with Crippen LogP contribution in [0.2, 0.25) is 0 Å². The van der Waals surface area contributed by atoms with Crippen LogP contribution in [0.1, 0.15) is 20.7 Å². The number of ether oxygens (including phenoxy) is 3. The normalized spacial score (nSPS) is 10.3. The lowest BCUT2D eigenvalue weighted by Crippen LogP contribution is -2.13. The fraction of sp³-hybridized carbons (Fsp3) is 0.0714. The topological polar surface area (TPSA) is 172 Å². The van der Waals surface area contributed by atoms with Crippen LogP contribution in [0.4, 0.5) is 22.7 Å². The summed E-state index contributed by atoms with van der Waals surface area (Å²) in [6.45, 7) is 0. The van der Waals surface area contributed by atoms with Crippen LogP contribution in [0.3, 0.4) is 0 Å². The van der Waals surface area contributed by atoms with Crippen LogP contribution >= 0.6 is 0 Å². The standard InChI is InChI=1S/C28H22N4O9/c1-39-21-11-13-23(25(15-21)31(35)36)29-27(33)17-3-7-19(8-4-17)41-20-9-5-18(6-10-20)28(34)30-24-14-12-22(40-2)16-26(24)32(37)38/h3-16H,1-2H3,(H,29,33)(H,30,34). The summed E-state index contributed by atoms with van der Waals surface area (Å²) in [6.07, 6.45) is 0.